The van der Waals surface area contributed by atoms with Crippen LogP contribution >= 0.6 is 0 Å². The Morgan fingerprint density at radius 3 is 2.58 bits per heavy atom. The maximum absolute atomic E-state index is 12.0. The maximum Gasteiger partial charge on any atom is 0.354 e. The Balaban J connectivity index is 3.23. The van der Waals surface area contributed by atoms with Gasteiger partial charge in [-0.05, 0) is 6.92 Å². The van der Waals surface area contributed by atoms with E-state index >= 15 is 0 Å². The quantitative estimate of drug-likeness (QED) is 0.670. The normalized spacial score (nSPS) is 10.7. The molecule has 0 aliphatic heterocycles. The van der Waals surface area contributed by atoms with Crippen LogP contribution in [0, 0.1) is 0 Å². The number of hydrogen-bond acceptors (Lipinski definition) is 2. The maximum atomic E-state index is 12.0. The summed E-state index contributed by atoms with van der Waals surface area (Å²) in [6.07, 6.45) is 1.01. The van der Waals surface area contributed by atoms with Crippen molar-refractivity contribution in [3.63, 3.8) is 0 Å². The van der Waals surface area contributed by atoms with Gasteiger partial charge < -0.3 is 0 Å². The molecule has 0 bridgehead atoms. The summed E-state index contributed by atoms with van der Waals surface area (Å²) >= 11 is 0. The third-order valence-corrected chi connectivity index (χ3v) is 1.29. The fourth-order valence-electron chi connectivity index (χ4n) is 0.712. The van der Waals surface area contributed by atoms with Gasteiger partial charge in [0.05, 0.1) is 0 Å². The topological polar surface area (TPSA) is 39.8 Å². The van der Waals surface area contributed by atoms with E-state index in [9.17, 15) is 13.6 Å². The zero-order valence-electron chi connectivity index (χ0n) is 6.37. The third-order valence-electron chi connectivity index (χ3n) is 1.29. The SMILES string of the molecule is C=C(C)n1cnn(C(F)F)c1=O. The molecule has 1 rings (SSSR count). The lowest BCUT2D eigenvalue weighted by Crippen LogP contribution is -2.24. The van der Waals surface area contributed by atoms with Crippen LogP contribution in [0.2, 0.25) is 0 Å². The van der Waals surface area contributed by atoms with Crippen LogP contribution in [0.25, 0.3) is 5.70 Å². The molecule has 0 unspecified atom stereocenters. The predicted molar refractivity (Wildman–Crippen MR) is 38.7 cm³/mol. The van der Waals surface area contributed by atoms with E-state index in [4.69, 9.17) is 0 Å². The van der Waals surface area contributed by atoms with Gasteiger partial charge in [0.2, 0.25) is 0 Å². The van der Waals surface area contributed by atoms with Gasteiger partial charge in [-0.3, -0.25) is 4.57 Å². The molecular formula is C6H7F2N3O. The van der Waals surface area contributed by atoms with E-state index in [0.29, 0.717) is 5.70 Å². The number of halogens is 2. The Morgan fingerprint density at radius 2 is 2.33 bits per heavy atom. The van der Waals surface area contributed by atoms with Crippen molar-refractivity contribution >= 4 is 5.70 Å². The molecule has 0 spiro atoms. The van der Waals surface area contributed by atoms with Crippen LogP contribution in [0.3, 0.4) is 0 Å². The minimum Gasteiger partial charge on any atom is -0.254 e. The molecule has 12 heavy (non-hydrogen) atoms. The Kier molecular flexibility index (Phi) is 2.07. The minimum atomic E-state index is -2.90. The van der Waals surface area contributed by atoms with Crippen LogP contribution in [-0.4, -0.2) is 14.3 Å². The van der Waals surface area contributed by atoms with Crippen molar-refractivity contribution in [2.75, 3.05) is 0 Å². The van der Waals surface area contributed by atoms with Crippen molar-refractivity contribution in [1.29, 1.82) is 0 Å². The zero-order valence-corrected chi connectivity index (χ0v) is 6.37. The highest BCUT2D eigenvalue weighted by molar-refractivity contribution is 5.35. The molecule has 0 amide bonds. The summed E-state index contributed by atoms with van der Waals surface area (Å²) in [5.74, 6) is 0. The van der Waals surface area contributed by atoms with E-state index in [1.54, 1.807) is 0 Å². The van der Waals surface area contributed by atoms with Crippen molar-refractivity contribution < 1.29 is 8.78 Å². The smallest absolute Gasteiger partial charge is 0.254 e. The van der Waals surface area contributed by atoms with Gasteiger partial charge in [0.25, 0.3) is 0 Å². The molecule has 0 saturated carbocycles. The molecule has 0 radical (unpaired) electrons. The summed E-state index contributed by atoms with van der Waals surface area (Å²) in [6, 6.07) is 0. The molecule has 0 N–H and O–H groups in total. The standard InChI is InChI=1S/C6H7F2N3O/c1-4(2)10-3-9-11(5(7)8)6(10)12/h3,5H,1H2,2H3. The first-order valence-corrected chi connectivity index (χ1v) is 3.14. The largest absolute Gasteiger partial charge is 0.354 e. The zero-order chi connectivity index (χ0) is 9.30. The average Bonchev–Trinajstić information content (AvgIpc) is 2.30. The predicted octanol–water partition coefficient (Wildman–Crippen LogP) is 0.930. The van der Waals surface area contributed by atoms with Gasteiger partial charge in [-0.1, -0.05) is 6.58 Å². The summed E-state index contributed by atoms with van der Waals surface area (Å²) in [6.45, 7) is 2.05. The molecule has 1 heterocycles. The lowest BCUT2D eigenvalue weighted by Gasteiger charge is -1.95. The van der Waals surface area contributed by atoms with Gasteiger partial charge in [-0.25, -0.2) is 4.79 Å². The third kappa shape index (κ3) is 1.27. The Labute approximate surface area is 66.7 Å². The van der Waals surface area contributed by atoms with Gasteiger partial charge in [-0.2, -0.15) is 13.9 Å². The fraction of sp³-hybridized carbons (Fsp3) is 0.333. The molecule has 0 aliphatic carbocycles. The summed E-state index contributed by atoms with van der Waals surface area (Å²) in [7, 11) is 0. The van der Waals surface area contributed by atoms with Crippen LogP contribution < -0.4 is 5.69 Å². The summed E-state index contributed by atoms with van der Waals surface area (Å²) < 4.78 is 25.0. The highest BCUT2D eigenvalue weighted by atomic mass is 19.3. The Morgan fingerprint density at radius 1 is 1.75 bits per heavy atom. The highest BCUT2D eigenvalue weighted by Crippen LogP contribution is 2.03. The summed E-state index contributed by atoms with van der Waals surface area (Å²) in [5.41, 5.74) is -0.524. The molecule has 0 aliphatic rings. The molecule has 6 heteroatoms. The molecule has 66 valence electrons. The van der Waals surface area contributed by atoms with Gasteiger partial charge in [0.15, 0.2) is 0 Å². The molecule has 0 aromatic carbocycles. The monoisotopic (exact) mass is 175 g/mol. The second-order valence-corrected chi connectivity index (χ2v) is 2.24. The van der Waals surface area contributed by atoms with E-state index in [1.807, 2.05) is 0 Å². The van der Waals surface area contributed by atoms with E-state index in [-0.39, 0.29) is 4.68 Å². The van der Waals surface area contributed by atoms with Crippen molar-refractivity contribution in [2.24, 2.45) is 0 Å². The summed E-state index contributed by atoms with van der Waals surface area (Å²) in [4.78, 5) is 11.0. The molecule has 1 aromatic heterocycles. The fourth-order valence-corrected chi connectivity index (χ4v) is 0.712. The number of alkyl halides is 2. The first kappa shape index (κ1) is 8.63. The second-order valence-electron chi connectivity index (χ2n) is 2.24. The van der Waals surface area contributed by atoms with E-state index in [0.717, 1.165) is 10.9 Å². The van der Waals surface area contributed by atoms with Crippen molar-refractivity contribution in [1.82, 2.24) is 14.3 Å². The van der Waals surface area contributed by atoms with Crippen molar-refractivity contribution in [3.05, 3.63) is 23.4 Å². The first-order valence-electron chi connectivity index (χ1n) is 3.14. The number of nitrogens with zero attached hydrogens (tertiary/aromatic N) is 3. The highest BCUT2D eigenvalue weighted by Gasteiger charge is 2.12. The van der Waals surface area contributed by atoms with Gasteiger partial charge in [0, 0.05) is 5.70 Å². The van der Waals surface area contributed by atoms with Crippen LogP contribution in [0.4, 0.5) is 8.78 Å². The molecule has 0 saturated heterocycles. The van der Waals surface area contributed by atoms with E-state index in [2.05, 4.69) is 11.7 Å². The van der Waals surface area contributed by atoms with Crippen molar-refractivity contribution in [2.45, 2.75) is 13.5 Å². The van der Waals surface area contributed by atoms with Crippen LogP contribution in [0.5, 0.6) is 0 Å². The Bertz CT molecular complexity index is 352. The average molecular weight is 175 g/mol. The van der Waals surface area contributed by atoms with Gasteiger partial charge in [0.1, 0.15) is 6.33 Å². The molecule has 0 fully saturated rings. The van der Waals surface area contributed by atoms with Gasteiger partial charge >= 0.3 is 12.2 Å². The summed E-state index contributed by atoms with van der Waals surface area (Å²) in [5, 5.41) is 3.19. The van der Waals surface area contributed by atoms with Crippen molar-refractivity contribution in [3.8, 4) is 0 Å². The van der Waals surface area contributed by atoms with Crippen LogP contribution in [0.15, 0.2) is 17.7 Å². The van der Waals surface area contributed by atoms with E-state index in [1.165, 1.54) is 6.92 Å². The second kappa shape index (κ2) is 2.88. The number of aromatic nitrogens is 3. The molecule has 0 atom stereocenters. The van der Waals surface area contributed by atoms with Crippen LogP contribution in [-0.2, 0) is 0 Å². The van der Waals surface area contributed by atoms with Crippen LogP contribution in [0.1, 0.15) is 13.5 Å². The molecular weight excluding hydrogens is 168 g/mol. The lowest BCUT2D eigenvalue weighted by molar-refractivity contribution is 0.0523. The number of allylic oxidation sites excluding steroid dienone is 1. The minimum absolute atomic E-state index is 0.0919. The first-order chi connectivity index (χ1) is 5.54. The lowest BCUT2D eigenvalue weighted by atomic mass is 10.6. The van der Waals surface area contributed by atoms with E-state index < -0.39 is 12.2 Å². The number of rotatable bonds is 2. The van der Waals surface area contributed by atoms with Gasteiger partial charge in [-0.15, -0.1) is 4.68 Å². The number of hydrogen-bond donors (Lipinski definition) is 0. The molecule has 4 nitrogen and oxygen atoms in total. The Hall–Kier alpha value is -1.46. The molecule has 1 aromatic rings.